The highest BCUT2D eigenvalue weighted by Gasteiger charge is 2.21. The van der Waals surface area contributed by atoms with Crippen LogP contribution in [0.15, 0.2) is 40.6 Å². The van der Waals surface area contributed by atoms with Crippen molar-refractivity contribution in [3.8, 4) is 0 Å². The number of sulfonamides is 1. The number of carbonyl (C=O) groups is 1. The average Bonchev–Trinajstić information content (AvgIpc) is 3.44. The van der Waals surface area contributed by atoms with Crippen LogP contribution < -0.4 is 10.0 Å². The molecule has 7 nitrogen and oxygen atoms in total. The summed E-state index contributed by atoms with van der Waals surface area (Å²) in [5.74, 6) is -0.195. The molecule has 2 N–H and O–H groups in total. The van der Waals surface area contributed by atoms with Crippen molar-refractivity contribution in [2.75, 3.05) is 32.8 Å². The molecule has 30 heavy (non-hydrogen) atoms. The topological polar surface area (TPSA) is 87.7 Å². The predicted octanol–water partition coefficient (Wildman–Crippen LogP) is 1.99. The lowest BCUT2D eigenvalue weighted by atomic mass is 10.1. The molecule has 2 aromatic rings. The Morgan fingerprint density at radius 3 is 2.83 bits per heavy atom. The lowest BCUT2D eigenvalue weighted by Crippen LogP contribution is -2.37. The zero-order valence-corrected chi connectivity index (χ0v) is 18.4. The molecule has 0 saturated carbocycles. The molecule has 4 rings (SSSR count). The molecule has 0 spiro atoms. The minimum atomic E-state index is -3.61. The van der Waals surface area contributed by atoms with Gasteiger partial charge in [-0.3, -0.25) is 9.69 Å². The van der Waals surface area contributed by atoms with Gasteiger partial charge in [-0.25, -0.2) is 13.1 Å². The highest BCUT2D eigenvalue weighted by atomic mass is 32.2. The molecule has 1 saturated heterocycles. The second kappa shape index (κ2) is 9.57. The van der Waals surface area contributed by atoms with Crippen LogP contribution in [0.5, 0.6) is 0 Å². The minimum Gasteiger partial charge on any atom is -0.377 e. The molecule has 3 heterocycles. The van der Waals surface area contributed by atoms with Crippen molar-refractivity contribution >= 4 is 27.3 Å². The molecule has 1 unspecified atom stereocenters. The summed E-state index contributed by atoms with van der Waals surface area (Å²) in [6.45, 7) is 4.24. The normalized spacial score (nSPS) is 19.5. The Morgan fingerprint density at radius 2 is 2.07 bits per heavy atom. The molecule has 0 radical (unpaired) electrons. The highest BCUT2D eigenvalue weighted by molar-refractivity contribution is 7.89. The Balaban J connectivity index is 1.24. The average molecular weight is 450 g/mol. The van der Waals surface area contributed by atoms with Gasteiger partial charge in [0.15, 0.2) is 0 Å². The third kappa shape index (κ3) is 5.28. The van der Waals surface area contributed by atoms with Crippen LogP contribution in [0.25, 0.3) is 0 Å². The van der Waals surface area contributed by atoms with Crippen LogP contribution >= 0.6 is 11.3 Å². The van der Waals surface area contributed by atoms with Gasteiger partial charge in [0, 0.05) is 49.8 Å². The van der Waals surface area contributed by atoms with Gasteiger partial charge in [0.1, 0.15) is 0 Å². The van der Waals surface area contributed by atoms with Gasteiger partial charge < -0.3 is 10.1 Å². The predicted molar refractivity (Wildman–Crippen MR) is 116 cm³/mol. The molecule has 2 aliphatic rings. The van der Waals surface area contributed by atoms with Gasteiger partial charge in [0.05, 0.1) is 11.0 Å². The van der Waals surface area contributed by atoms with Gasteiger partial charge in [-0.2, -0.15) is 0 Å². The van der Waals surface area contributed by atoms with E-state index in [0.29, 0.717) is 18.7 Å². The molecule has 162 valence electrons. The van der Waals surface area contributed by atoms with E-state index in [2.05, 4.69) is 26.4 Å². The maximum Gasteiger partial charge on any atom is 0.251 e. The van der Waals surface area contributed by atoms with E-state index < -0.39 is 10.0 Å². The fourth-order valence-corrected chi connectivity index (χ4v) is 5.76. The van der Waals surface area contributed by atoms with Crippen LogP contribution in [-0.2, 0) is 27.7 Å². The van der Waals surface area contributed by atoms with Crippen LogP contribution in [0.3, 0.4) is 0 Å². The van der Waals surface area contributed by atoms with E-state index in [0.717, 1.165) is 38.9 Å². The lowest BCUT2D eigenvalue weighted by Gasteiger charge is -2.26. The van der Waals surface area contributed by atoms with Gasteiger partial charge >= 0.3 is 0 Å². The Morgan fingerprint density at radius 1 is 1.23 bits per heavy atom. The van der Waals surface area contributed by atoms with Crippen molar-refractivity contribution in [2.24, 2.45) is 0 Å². The van der Waals surface area contributed by atoms with E-state index in [1.165, 1.54) is 22.6 Å². The zero-order valence-electron chi connectivity index (χ0n) is 16.8. The maximum absolute atomic E-state index is 12.4. The number of rotatable bonds is 8. The molecular weight excluding hydrogens is 422 g/mol. The van der Waals surface area contributed by atoms with E-state index in [9.17, 15) is 13.2 Å². The molecule has 1 amide bonds. The number of nitrogens with zero attached hydrogens (tertiary/aromatic N) is 1. The first-order valence-corrected chi connectivity index (χ1v) is 12.6. The van der Waals surface area contributed by atoms with Crippen LogP contribution in [-0.4, -0.2) is 58.1 Å². The number of fused-ring (bicyclic) bond motifs is 1. The second-order valence-electron chi connectivity index (χ2n) is 7.66. The Hall–Kier alpha value is -1.78. The lowest BCUT2D eigenvalue weighted by molar-refractivity contribution is 0.0947. The van der Waals surface area contributed by atoms with Gasteiger partial charge in [0.2, 0.25) is 10.0 Å². The van der Waals surface area contributed by atoms with E-state index >= 15 is 0 Å². The molecule has 9 heteroatoms. The number of ether oxygens (including phenoxy) is 1. The summed E-state index contributed by atoms with van der Waals surface area (Å²) in [7, 11) is -3.61. The number of carbonyl (C=O) groups excluding carboxylic acids is 1. The van der Waals surface area contributed by atoms with Crippen LogP contribution in [0.2, 0.25) is 0 Å². The largest absolute Gasteiger partial charge is 0.377 e. The highest BCUT2D eigenvalue weighted by Crippen LogP contribution is 2.23. The molecule has 0 aliphatic carbocycles. The number of hydrogen-bond acceptors (Lipinski definition) is 6. The Kier molecular flexibility index (Phi) is 6.84. The van der Waals surface area contributed by atoms with Crippen molar-refractivity contribution in [1.29, 1.82) is 0 Å². The molecular formula is C21H27N3O4S2. The first kappa shape index (κ1) is 21.5. The van der Waals surface area contributed by atoms with Crippen molar-refractivity contribution in [2.45, 2.75) is 36.8 Å². The van der Waals surface area contributed by atoms with Crippen LogP contribution in [0.1, 0.15) is 33.6 Å². The first-order chi connectivity index (χ1) is 14.5. The Labute approximate surface area is 181 Å². The van der Waals surface area contributed by atoms with Gasteiger partial charge in [0.25, 0.3) is 5.91 Å². The standard InChI is InChI=1S/C21H27N3O4S2/c25-21(22-9-11-24-10-7-20-17(15-24)8-13-29-20)16-3-5-19(6-4-16)30(26,27)23-14-18-2-1-12-28-18/h3-6,8,13,18,23H,1-2,7,9-12,14-15H2,(H,22,25). The third-order valence-corrected chi connectivity index (χ3v) is 8.01. The fraction of sp³-hybridized carbons (Fsp3) is 0.476. The fourth-order valence-electron chi connectivity index (χ4n) is 3.80. The van der Waals surface area contributed by atoms with Gasteiger partial charge in [-0.05, 0) is 60.5 Å². The van der Waals surface area contributed by atoms with Crippen molar-refractivity contribution in [1.82, 2.24) is 14.9 Å². The number of nitrogens with one attached hydrogen (secondary N) is 2. The quantitative estimate of drug-likeness (QED) is 0.644. The maximum atomic E-state index is 12.4. The molecule has 1 fully saturated rings. The third-order valence-electron chi connectivity index (χ3n) is 5.55. The molecule has 2 aliphatic heterocycles. The number of thiophene rings is 1. The van der Waals surface area contributed by atoms with Crippen molar-refractivity contribution < 1.29 is 17.9 Å². The summed E-state index contributed by atoms with van der Waals surface area (Å²) in [6, 6.07) is 8.21. The summed E-state index contributed by atoms with van der Waals surface area (Å²) >= 11 is 1.82. The van der Waals surface area contributed by atoms with Gasteiger partial charge in [-0.1, -0.05) is 0 Å². The van der Waals surface area contributed by atoms with E-state index in [1.807, 2.05) is 11.3 Å². The summed E-state index contributed by atoms with van der Waals surface area (Å²) in [4.78, 5) is 16.4. The summed E-state index contributed by atoms with van der Waals surface area (Å²) < 4.78 is 32.9. The van der Waals surface area contributed by atoms with Crippen LogP contribution in [0, 0.1) is 0 Å². The number of amides is 1. The van der Waals surface area contributed by atoms with E-state index in [-0.39, 0.29) is 23.5 Å². The Bertz CT molecular complexity index is 966. The van der Waals surface area contributed by atoms with Crippen LogP contribution in [0.4, 0.5) is 0 Å². The van der Waals surface area contributed by atoms with Crippen molar-refractivity contribution in [3.05, 3.63) is 51.7 Å². The molecule has 1 aromatic carbocycles. The first-order valence-electron chi connectivity index (χ1n) is 10.3. The minimum absolute atomic E-state index is 0.0592. The molecule has 1 atom stereocenters. The molecule has 1 aromatic heterocycles. The SMILES string of the molecule is O=C(NCCN1CCc2sccc2C1)c1ccc(S(=O)(=O)NCC2CCCO2)cc1. The second-order valence-corrected chi connectivity index (χ2v) is 10.4. The summed E-state index contributed by atoms with van der Waals surface area (Å²) in [6.07, 6.45) is 2.84. The zero-order chi connectivity index (χ0) is 21.0. The van der Waals surface area contributed by atoms with Gasteiger partial charge in [-0.15, -0.1) is 11.3 Å². The van der Waals surface area contributed by atoms with E-state index in [4.69, 9.17) is 4.74 Å². The summed E-state index contributed by atoms with van der Waals surface area (Å²) in [5.41, 5.74) is 1.84. The monoisotopic (exact) mass is 449 g/mol. The van der Waals surface area contributed by atoms with E-state index in [1.54, 1.807) is 12.1 Å². The smallest absolute Gasteiger partial charge is 0.251 e. The number of benzene rings is 1. The number of hydrogen-bond donors (Lipinski definition) is 2. The summed E-state index contributed by atoms with van der Waals surface area (Å²) in [5, 5.41) is 5.06. The van der Waals surface area contributed by atoms with Crippen molar-refractivity contribution in [3.63, 3.8) is 0 Å². The molecule has 0 bridgehead atoms.